The summed E-state index contributed by atoms with van der Waals surface area (Å²) in [4.78, 5) is 22.2. The Labute approximate surface area is 136 Å². The van der Waals surface area contributed by atoms with Crippen LogP contribution < -0.4 is 14.8 Å². The van der Waals surface area contributed by atoms with E-state index in [-0.39, 0.29) is 25.0 Å². The van der Waals surface area contributed by atoms with Crippen molar-refractivity contribution in [3.05, 3.63) is 24.3 Å². The molecule has 2 N–H and O–H groups in total. The van der Waals surface area contributed by atoms with Crippen LogP contribution in [0.4, 0.5) is 0 Å². The molecule has 1 atom stereocenters. The highest BCUT2D eigenvalue weighted by Crippen LogP contribution is 2.19. The van der Waals surface area contributed by atoms with Gasteiger partial charge in [-0.1, -0.05) is 19.9 Å². The Kier molecular flexibility index (Phi) is 7.94. The van der Waals surface area contributed by atoms with Gasteiger partial charge in [0, 0.05) is 18.5 Å². The van der Waals surface area contributed by atoms with Gasteiger partial charge < -0.3 is 19.9 Å². The van der Waals surface area contributed by atoms with E-state index in [1.54, 1.807) is 25.1 Å². The quantitative estimate of drug-likeness (QED) is 0.691. The molecule has 128 valence electrons. The molecule has 0 fully saturated rings. The van der Waals surface area contributed by atoms with Gasteiger partial charge in [-0.15, -0.1) is 0 Å². The number of carbonyl (C=O) groups is 2. The number of nitrogens with one attached hydrogen (secondary N) is 1. The molecular formula is C17H25NO5. The molecule has 1 rings (SSSR count). The largest absolute Gasteiger partial charge is 0.493 e. The van der Waals surface area contributed by atoms with Crippen molar-refractivity contribution < 1.29 is 24.2 Å². The van der Waals surface area contributed by atoms with Crippen LogP contribution in [0.1, 0.15) is 33.6 Å². The maximum atomic E-state index is 11.8. The van der Waals surface area contributed by atoms with Crippen LogP contribution in [0.25, 0.3) is 0 Å². The first-order valence-corrected chi connectivity index (χ1v) is 7.73. The van der Waals surface area contributed by atoms with Crippen molar-refractivity contribution >= 4 is 11.9 Å². The molecule has 0 heterocycles. The lowest BCUT2D eigenvalue weighted by molar-refractivity contribution is -0.137. The smallest absolute Gasteiger partial charge is 0.303 e. The molecule has 0 spiro atoms. The van der Waals surface area contributed by atoms with E-state index in [4.69, 9.17) is 14.6 Å². The van der Waals surface area contributed by atoms with Crippen LogP contribution in [0.15, 0.2) is 24.3 Å². The molecule has 6 nitrogen and oxygen atoms in total. The Hall–Kier alpha value is -2.24. The second-order valence-electron chi connectivity index (χ2n) is 5.87. The summed E-state index contributed by atoms with van der Waals surface area (Å²) in [5.74, 6) is 0.528. The average molecular weight is 323 g/mol. The molecule has 0 saturated carbocycles. The number of benzene rings is 1. The number of rotatable bonds is 10. The molecule has 0 aliphatic carbocycles. The zero-order chi connectivity index (χ0) is 17.2. The zero-order valence-corrected chi connectivity index (χ0v) is 13.9. The molecule has 0 aromatic heterocycles. The molecule has 0 aliphatic rings. The minimum atomic E-state index is -0.874. The molecule has 23 heavy (non-hydrogen) atoms. The maximum absolute atomic E-state index is 11.8. The Morgan fingerprint density at radius 1 is 1.17 bits per heavy atom. The van der Waals surface area contributed by atoms with Crippen molar-refractivity contribution in [1.82, 2.24) is 5.32 Å². The summed E-state index contributed by atoms with van der Waals surface area (Å²) in [5, 5.41) is 11.3. The second-order valence-corrected chi connectivity index (χ2v) is 5.87. The van der Waals surface area contributed by atoms with Crippen LogP contribution >= 0.6 is 0 Å². The van der Waals surface area contributed by atoms with E-state index < -0.39 is 5.97 Å². The summed E-state index contributed by atoms with van der Waals surface area (Å²) in [6.07, 6.45) is 0.414. The van der Waals surface area contributed by atoms with E-state index >= 15 is 0 Å². The van der Waals surface area contributed by atoms with Gasteiger partial charge in [0.25, 0.3) is 5.91 Å². The highest BCUT2D eigenvalue weighted by Gasteiger charge is 2.10. The van der Waals surface area contributed by atoms with Crippen molar-refractivity contribution in [2.24, 2.45) is 5.92 Å². The molecule has 0 aliphatic heterocycles. The van der Waals surface area contributed by atoms with Crippen LogP contribution in [0.2, 0.25) is 0 Å². The number of carbonyl (C=O) groups excluding carboxylic acids is 1. The molecule has 1 unspecified atom stereocenters. The van der Waals surface area contributed by atoms with Gasteiger partial charge in [0.15, 0.2) is 6.61 Å². The first-order chi connectivity index (χ1) is 10.9. The van der Waals surface area contributed by atoms with Gasteiger partial charge in [-0.25, -0.2) is 0 Å². The first-order valence-electron chi connectivity index (χ1n) is 7.73. The number of aliphatic carboxylic acids is 1. The molecule has 1 amide bonds. The maximum Gasteiger partial charge on any atom is 0.303 e. The van der Waals surface area contributed by atoms with E-state index in [9.17, 15) is 9.59 Å². The normalized spacial score (nSPS) is 11.8. The summed E-state index contributed by atoms with van der Waals surface area (Å²) in [6.45, 7) is 6.39. The minimum absolute atomic E-state index is 0.0253. The number of hydrogen-bond acceptors (Lipinski definition) is 4. The van der Waals surface area contributed by atoms with Crippen LogP contribution in [0, 0.1) is 5.92 Å². The van der Waals surface area contributed by atoms with Crippen molar-refractivity contribution in [2.45, 2.75) is 39.7 Å². The monoisotopic (exact) mass is 323 g/mol. The highest BCUT2D eigenvalue weighted by molar-refractivity contribution is 5.77. The molecule has 1 aromatic rings. The van der Waals surface area contributed by atoms with Gasteiger partial charge in [-0.3, -0.25) is 9.59 Å². The summed E-state index contributed by atoms with van der Waals surface area (Å²) in [5.41, 5.74) is 0. The van der Waals surface area contributed by atoms with Crippen LogP contribution in [0.3, 0.4) is 0 Å². The number of carboxylic acid groups (broad SMARTS) is 1. The van der Waals surface area contributed by atoms with Gasteiger partial charge in [0.1, 0.15) is 11.5 Å². The van der Waals surface area contributed by atoms with Crippen LogP contribution in [-0.2, 0) is 9.59 Å². The lowest BCUT2D eigenvalue weighted by Gasteiger charge is -2.14. The third kappa shape index (κ3) is 8.70. The Bertz CT molecular complexity index is 515. The van der Waals surface area contributed by atoms with E-state index in [1.165, 1.54) is 0 Å². The van der Waals surface area contributed by atoms with Gasteiger partial charge in [0.05, 0.1) is 6.61 Å². The molecule has 6 heteroatoms. The van der Waals surface area contributed by atoms with Crippen LogP contribution in [0.5, 0.6) is 11.5 Å². The first kappa shape index (κ1) is 18.8. The number of amides is 1. The zero-order valence-electron chi connectivity index (χ0n) is 13.9. The van der Waals surface area contributed by atoms with Crippen molar-refractivity contribution in [3.63, 3.8) is 0 Å². The third-order valence-electron chi connectivity index (χ3n) is 2.96. The fourth-order valence-corrected chi connectivity index (χ4v) is 1.79. The fourth-order valence-electron chi connectivity index (χ4n) is 1.79. The molecule has 0 saturated heterocycles. The average Bonchev–Trinajstić information content (AvgIpc) is 2.49. The van der Waals surface area contributed by atoms with E-state index in [1.807, 2.05) is 6.07 Å². The minimum Gasteiger partial charge on any atom is -0.493 e. The second kappa shape index (κ2) is 9.71. The number of hydrogen-bond donors (Lipinski definition) is 2. The summed E-state index contributed by atoms with van der Waals surface area (Å²) < 4.78 is 11.0. The summed E-state index contributed by atoms with van der Waals surface area (Å²) in [6, 6.07) is 6.93. The van der Waals surface area contributed by atoms with Crippen LogP contribution in [-0.4, -0.2) is 36.2 Å². The molecule has 0 bridgehead atoms. The third-order valence-corrected chi connectivity index (χ3v) is 2.96. The Morgan fingerprint density at radius 3 is 2.43 bits per heavy atom. The van der Waals surface area contributed by atoms with E-state index in [0.717, 1.165) is 0 Å². The fraction of sp³-hybridized carbons (Fsp3) is 0.529. The lowest BCUT2D eigenvalue weighted by atomic mass is 10.2. The molecule has 0 radical (unpaired) electrons. The van der Waals surface area contributed by atoms with Gasteiger partial charge in [0.2, 0.25) is 0 Å². The SMILES string of the molecule is CC(C)COc1cccc(OCC(=O)NC(C)CCC(=O)O)c1. The van der Waals surface area contributed by atoms with Crippen molar-refractivity contribution in [2.75, 3.05) is 13.2 Å². The number of carboxylic acids is 1. The summed E-state index contributed by atoms with van der Waals surface area (Å²) >= 11 is 0. The predicted octanol–water partition coefficient (Wildman–Crippen LogP) is 2.47. The van der Waals surface area contributed by atoms with Crippen molar-refractivity contribution in [1.29, 1.82) is 0 Å². The van der Waals surface area contributed by atoms with E-state index in [2.05, 4.69) is 19.2 Å². The highest BCUT2D eigenvalue weighted by atomic mass is 16.5. The number of ether oxygens (including phenoxy) is 2. The summed E-state index contributed by atoms with van der Waals surface area (Å²) in [7, 11) is 0. The standard InChI is InChI=1S/C17H25NO5/c1-12(2)10-22-14-5-4-6-15(9-14)23-11-16(19)18-13(3)7-8-17(20)21/h4-6,9,12-13H,7-8,10-11H2,1-3H3,(H,18,19)(H,20,21). The topological polar surface area (TPSA) is 84.9 Å². The van der Waals surface area contributed by atoms with Gasteiger partial charge in [-0.2, -0.15) is 0 Å². The Balaban J connectivity index is 2.37. The van der Waals surface area contributed by atoms with Gasteiger partial charge in [-0.05, 0) is 31.4 Å². The molecular weight excluding hydrogens is 298 g/mol. The predicted molar refractivity (Wildman–Crippen MR) is 86.7 cm³/mol. The molecule has 1 aromatic carbocycles. The Morgan fingerprint density at radius 2 is 1.83 bits per heavy atom. The van der Waals surface area contributed by atoms with Gasteiger partial charge >= 0.3 is 5.97 Å². The van der Waals surface area contributed by atoms with Crippen molar-refractivity contribution in [3.8, 4) is 11.5 Å². The van der Waals surface area contributed by atoms with E-state index in [0.29, 0.717) is 30.4 Å². The lowest BCUT2D eigenvalue weighted by Crippen LogP contribution is -2.36.